The number of carbonyl (C=O) groups excluding carboxylic acids is 1. The number of nitrogen functional groups attached to an aromatic ring is 1. The van der Waals surface area contributed by atoms with Gasteiger partial charge in [0.2, 0.25) is 5.88 Å². The number of halogens is 2. The average molecular weight is 340 g/mol. The van der Waals surface area contributed by atoms with Crippen LogP contribution >= 0.6 is 15.9 Å². The summed E-state index contributed by atoms with van der Waals surface area (Å²) in [6, 6.07) is 3.97. The van der Waals surface area contributed by atoms with Crippen LogP contribution < -0.4 is 16.2 Å². The highest BCUT2D eigenvalue weighted by atomic mass is 79.9. The third-order valence-electron chi connectivity index (χ3n) is 2.70. The van der Waals surface area contributed by atoms with Gasteiger partial charge in [-0.05, 0) is 40.5 Å². The maximum Gasteiger partial charge on any atom is 0.255 e. The lowest BCUT2D eigenvalue weighted by molar-refractivity contribution is 0.0994. The Morgan fingerprint density at radius 1 is 1.45 bits per heavy atom. The van der Waals surface area contributed by atoms with Crippen molar-refractivity contribution in [1.82, 2.24) is 4.98 Å². The molecule has 0 unspecified atom stereocenters. The highest BCUT2D eigenvalue weighted by molar-refractivity contribution is 9.10. The van der Waals surface area contributed by atoms with Gasteiger partial charge in [-0.1, -0.05) is 6.07 Å². The van der Waals surface area contributed by atoms with E-state index in [9.17, 15) is 9.18 Å². The summed E-state index contributed by atoms with van der Waals surface area (Å²) in [7, 11) is 0. The molecule has 4 N–H and O–H groups in total. The van der Waals surface area contributed by atoms with Crippen molar-refractivity contribution in [2.24, 2.45) is 5.73 Å². The van der Waals surface area contributed by atoms with Crippen molar-refractivity contribution in [3.05, 3.63) is 45.8 Å². The fraction of sp³-hybridized carbons (Fsp3) is 0.0769. The van der Waals surface area contributed by atoms with Crippen LogP contribution in [0.25, 0.3) is 0 Å². The molecule has 0 spiro atoms. The number of primary amides is 1. The standard InChI is InChI=1S/C13H11BrFN3O2/c1-6-8(16)5-18-13(11(6)14)20-9-4-2-3-7(15)10(9)12(17)19/h2-5H,16H2,1H3,(H2,17,19). The molecule has 1 aromatic carbocycles. The number of ether oxygens (including phenoxy) is 1. The first-order chi connectivity index (χ1) is 9.41. The molecule has 1 heterocycles. The predicted octanol–water partition coefficient (Wildman–Crippen LogP) is 2.77. The lowest BCUT2D eigenvalue weighted by Gasteiger charge is -2.12. The van der Waals surface area contributed by atoms with Gasteiger partial charge in [-0.2, -0.15) is 0 Å². The minimum absolute atomic E-state index is 0.00475. The minimum Gasteiger partial charge on any atom is -0.437 e. The number of amides is 1. The van der Waals surface area contributed by atoms with E-state index in [2.05, 4.69) is 20.9 Å². The SMILES string of the molecule is Cc1c(N)cnc(Oc2cccc(F)c2C(N)=O)c1Br. The van der Waals surface area contributed by atoms with E-state index in [1.165, 1.54) is 18.3 Å². The molecule has 0 radical (unpaired) electrons. The molecule has 2 aromatic rings. The Labute approximate surface area is 122 Å². The summed E-state index contributed by atoms with van der Waals surface area (Å²) in [5.41, 5.74) is 11.7. The predicted molar refractivity (Wildman–Crippen MR) is 76.1 cm³/mol. The van der Waals surface area contributed by atoms with Crippen LogP contribution in [-0.4, -0.2) is 10.9 Å². The van der Waals surface area contributed by atoms with E-state index in [0.717, 1.165) is 11.6 Å². The van der Waals surface area contributed by atoms with Crippen LogP contribution in [0, 0.1) is 12.7 Å². The second-order valence-corrected chi connectivity index (χ2v) is 4.83. The molecule has 0 atom stereocenters. The zero-order valence-electron chi connectivity index (χ0n) is 10.5. The Kier molecular flexibility index (Phi) is 3.89. The van der Waals surface area contributed by atoms with Crippen molar-refractivity contribution in [3.8, 4) is 11.6 Å². The Hall–Kier alpha value is -2.15. The van der Waals surface area contributed by atoms with Crippen LogP contribution in [0.3, 0.4) is 0 Å². The smallest absolute Gasteiger partial charge is 0.255 e. The molecule has 0 aliphatic rings. The maximum absolute atomic E-state index is 13.6. The molecule has 5 nitrogen and oxygen atoms in total. The summed E-state index contributed by atoms with van der Waals surface area (Å²) < 4.78 is 19.6. The van der Waals surface area contributed by atoms with Crippen LogP contribution in [0.5, 0.6) is 11.6 Å². The Bertz CT molecular complexity index is 692. The lowest BCUT2D eigenvalue weighted by atomic mass is 10.2. The van der Waals surface area contributed by atoms with Crippen molar-refractivity contribution in [2.75, 3.05) is 5.73 Å². The van der Waals surface area contributed by atoms with Crippen LogP contribution in [0.2, 0.25) is 0 Å². The molecule has 1 amide bonds. The van der Waals surface area contributed by atoms with Gasteiger partial charge in [0.1, 0.15) is 17.1 Å². The number of nitrogens with zero attached hydrogens (tertiary/aromatic N) is 1. The first-order valence-corrected chi connectivity index (χ1v) is 6.38. The van der Waals surface area contributed by atoms with E-state index in [1.54, 1.807) is 6.92 Å². The number of hydrogen-bond acceptors (Lipinski definition) is 4. The van der Waals surface area contributed by atoms with Gasteiger partial charge in [0.05, 0.1) is 16.4 Å². The van der Waals surface area contributed by atoms with E-state index < -0.39 is 11.7 Å². The van der Waals surface area contributed by atoms with Crippen LogP contribution in [0.15, 0.2) is 28.9 Å². The molecule has 0 aliphatic heterocycles. The number of benzene rings is 1. The summed E-state index contributed by atoms with van der Waals surface area (Å²) in [5, 5.41) is 0. The summed E-state index contributed by atoms with van der Waals surface area (Å²) in [6.45, 7) is 1.77. The third kappa shape index (κ3) is 2.57. The van der Waals surface area contributed by atoms with E-state index in [4.69, 9.17) is 16.2 Å². The second kappa shape index (κ2) is 5.46. The summed E-state index contributed by atoms with van der Waals surface area (Å²) >= 11 is 3.29. The second-order valence-electron chi connectivity index (χ2n) is 4.04. The first kappa shape index (κ1) is 14.3. The lowest BCUT2D eigenvalue weighted by Crippen LogP contribution is -2.14. The summed E-state index contributed by atoms with van der Waals surface area (Å²) in [6.07, 6.45) is 1.42. The molecule has 20 heavy (non-hydrogen) atoms. The third-order valence-corrected chi connectivity index (χ3v) is 3.63. The minimum atomic E-state index is -0.915. The van der Waals surface area contributed by atoms with Crippen molar-refractivity contribution in [2.45, 2.75) is 6.92 Å². The number of carbonyl (C=O) groups is 1. The largest absolute Gasteiger partial charge is 0.437 e. The van der Waals surface area contributed by atoms with Gasteiger partial charge >= 0.3 is 0 Å². The van der Waals surface area contributed by atoms with E-state index in [1.807, 2.05) is 0 Å². The van der Waals surface area contributed by atoms with Crippen molar-refractivity contribution < 1.29 is 13.9 Å². The molecule has 0 saturated heterocycles. The first-order valence-electron chi connectivity index (χ1n) is 5.58. The monoisotopic (exact) mass is 339 g/mol. The van der Waals surface area contributed by atoms with Gasteiger partial charge in [0, 0.05) is 0 Å². The fourth-order valence-electron chi connectivity index (χ4n) is 1.57. The van der Waals surface area contributed by atoms with Gasteiger partial charge in [0.15, 0.2) is 0 Å². The number of nitrogens with two attached hydrogens (primary N) is 2. The molecule has 0 bridgehead atoms. The van der Waals surface area contributed by atoms with Gasteiger partial charge < -0.3 is 16.2 Å². The molecule has 0 fully saturated rings. The molecule has 104 valence electrons. The Morgan fingerprint density at radius 3 is 2.80 bits per heavy atom. The molecule has 7 heteroatoms. The van der Waals surface area contributed by atoms with E-state index in [0.29, 0.717) is 10.2 Å². The number of hydrogen-bond donors (Lipinski definition) is 2. The summed E-state index contributed by atoms with van der Waals surface area (Å²) in [4.78, 5) is 15.3. The van der Waals surface area contributed by atoms with Crippen LogP contribution in [0.4, 0.5) is 10.1 Å². The quantitative estimate of drug-likeness (QED) is 0.899. The van der Waals surface area contributed by atoms with E-state index in [-0.39, 0.29) is 17.2 Å². The molecular formula is C13H11BrFN3O2. The number of rotatable bonds is 3. The summed E-state index contributed by atoms with van der Waals surface area (Å²) in [5.74, 6) is -1.50. The van der Waals surface area contributed by atoms with Gasteiger partial charge in [-0.3, -0.25) is 4.79 Å². The van der Waals surface area contributed by atoms with Crippen molar-refractivity contribution in [1.29, 1.82) is 0 Å². The Balaban J connectivity index is 2.48. The average Bonchev–Trinajstić information content (AvgIpc) is 2.39. The molecule has 2 rings (SSSR count). The van der Waals surface area contributed by atoms with E-state index >= 15 is 0 Å². The van der Waals surface area contributed by atoms with Crippen molar-refractivity contribution >= 4 is 27.5 Å². The molecule has 1 aromatic heterocycles. The maximum atomic E-state index is 13.6. The zero-order chi connectivity index (χ0) is 14.9. The van der Waals surface area contributed by atoms with Gasteiger partial charge in [-0.15, -0.1) is 0 Å². The van der Waals surface area contributed by atoms with Gasteiger partial charge in [-0.25, -0.2) is 9.37 Å². The molecule has 0 aliphatic carbocycles. The highest BCUT2D eigenvalue weighted by Gasteiger charge is 2.18. The zero-order valence-corrected chi connectivity index (χ0v) is 12.1. The molecular weight excluding hydrogens is 329 g/mol. The number of anilines is 1. The highest BCUT2D eigenvalue weighted by Crippen LogP contribution is 2.34. The normalized spacial score (nSPS) is 10.3. The Morgan fingerprint density at radius 2 is 2.15 bits per heavy atom. The fourth-order valence-corrected chi connectivity index (χ4v) is 1.98. The molecule has 0 saturated carbocycles. The van der Waals surface area contributed by atoms with Crippen LogP contribution in [0.1, 0.15) is 15.9 Å². The number of pyridine rings is 1. The van der Waals surface area contributed by atoms with Crippen LogP contribution in [-0.2, 0) is 0 Å². The van der Waals surface area contributed by atoms with Gasteiger partial charge in [0.25, 0.3) is 5.91 Å². The van der Waals surface area contributed by atoms with Crippen molar-refractivity contribution in [3.63, 3.8) is 0 Å². The topological polar surface area (TPSA) is 91.2 Å². The number of aromatic nitrogens is 1.